The maximum absolute atomic E-state index is 12.6. The van der Waals surface area contributed by atoms with Crippen LogP contribution in [0.1, 0.15) is 0 Å². The summed E-state index contributed by atoms with van der Waals surface area (Å²) in [5, 5.41) is 14.7. The highest BCUT2D eigenvalue weighted by Crippen LogP contribution is 2.39. The number of aliphatic carboxylic acids is 1. The van der Waals surface area contributed by atoms with Crippen LogP contribution in [-0.2, 0) is 14.3 Å². The fourth-order valence-electron chi connectivity index (χ4n) is 3.37. The summed E-state index contributed by atoms with van der Waals surface area (Å²) in [5.74, 6) is -2.25. The third kappa shape index (κ3) is 3.54. The molecule has 2 bridgehead atoms. The highest BCUT2D eigenvalue weighted by molar-refractivity contribution is 6.30. The smallest absolute Gasteiger partial charge is 0.231 e. The van der Waals surface area contributed by atoms with Crippen LogP contribution in [0.3, 0.4) is 0 Å². The first-order valence-electron chi connectivity index (χ1n) is 8.40. The monoisotopic (exact) mass is 384 g/mol. The van der Waals surface area contributed by atoms with Gasteiger partial charge in [0.2, 0.25) is 5.91 Å². The molecule has 27 heavy (non-hydrogen) atoms. The molecule has 6 nitrogen and oxygen atoms in total. The molecule has 1 amide bonds. The standard InChI is InChI=1S/C20H16ClNO5/c21-11-1-5-13(6-2-11)26-14-7-3-12(4-8-14)22-19(23)17-15-9-10-16(27-15)18(17)20(24)25/h1-10,15-18H,(H,22,23)(H,24,25)/p-1/t15-,16+,17+,18+/m1/s1. The molecule has 2 aliphatic heterocycles. The second-order valence-corrected chi connectivity index (χ2v) is 6.83. The quantitative estimate of drug-likeness (QED) is 0.800. The van der Waals surface area contributed by atoms with Crippen molar-refractivity contribution in [1.29, 1.82) is 0 Å². The van der Waals surface area contributed by atoms with E-state index in [1.807, 2.05) is 0 Å². The fraction of sp³-hybridized carbons (Fsp3) is 0.200. The summed E-state index contributed by atoms with van der Waals surface area (Å²) in [6.45, 7) is 0. The third-order valence-corrected chi connectivity index (χ3v) is 4.90. The van der Waals surface area contributed by atoms with Gasteiger partial charge in [0.05, 0.1) is 18.1 Å². The molecule has 138 valence electrons. The molecule has 2 heterocycles. The number of nitrogens with one attached hydrogen (secondary N) is 1. The highest BCUT2D eigenvalue weighted by atomic mass is 35.5. The Kier molecular flexibility index (Phi) is 4.59. The minimum Gasteiger partial charge on any atom is -0.550 e. The predicted octanol–water partition coefficient (Wildman–Crippen LogP) is 2.39. The molecule has 0 aromatic heterocycles. The molecule has 1 N–H and O–H groups in total. The Balaban J connectivity index is 1.42. The van der Waals surface area contributed by atoms with Crippen LogP contribution in [0.5, 0.6) is 11.5 Å². The average molecular weight is 385 g/mol. The van der Waals surface area contributed by atoms with Crippen LogP contribution in [0.2, 0.25) is 5.02 Å². The summed E-state index contributed by atoms with van der Waals surface area (Å²) in [6.07, 6.45) is 2.24. The largest absolute Gasteiger partial charge is 0.550 e. The predicted molar refractivity (Wildman–Crippen MR) is 96.4 cm³/mol. The van der Waals surface area contributed by atoms with Gasteiger partial charge in [0.1, 0.15) is 11.5 Å². The Hall–Kier alpha value is -2.83. The Morgan fingerprint density at radius 3 is 2.07 bits per heavy atom. The van der Waals surface area contributed by atoms with Gasteiger partial charge in [-0.15, -0.1) is 0 Å². The van der Waals surface area contributed by atoms with Gasteiger partial charge in [0, 0.05) is 22.6 Å². The topological polar surface area (TPSA) is 87.7 Å². The van der Waals surface area contributed by atoms with Crippen LogP contribution in [0.4, 0.5) is 5.69 Å². The SMILES string of the molecule is O=C([O-])[C@@H]1[C@@H](C(=O)Nc2ccc(Oc3ccc(Cl)cc3)cc2)[C@H]2C=C[C@@H]1O2. The van der Waals surface area contributed by atoms with Crippen LogP contribution in [0, 0.1) is 11.8 Å². The molecular formula is C20H15ClNO5-. The number of carboxylic acids is 1. The van der Waals surface area contributed by atoms with E-state index in [2.05, 4.69) is 5.32 Å². The van der Waals surface area contributed by atoms with Gasteiger partial charge >= 0.3 is 0 Å². The van der Waals surface area contributed by atoms with E-state index in [0.717, 1.165) is 0 Å². The molecule has 1 saturated heterocycles. The fourth-order valence-corrected chi connectivity index (χ4v) is 3.50. The van der Waals surface area contributed by atoms with Crippen molar-refractivity contribution in [2.45, 2.75) is 12.2 Å². The van der Waals surface area contributed by atoms with E-state index in [-0.39, 0.29) is 0 Å². The molecule has 4 rings (SSSR count). The molecule has 0 radical (unpaired) electrons. The van der Waals surface area contributed by atoms with Gasteiger partial charge in [0.25, 0.3) is 0 Å². The summed E-state index contributed by atoms with van der Waals surface area (Å²) in [6, 6.07) is 13.7. The minimum atomic E-state index is -1.28. The number of halogens is 1. The normalized spacial score (nSPS) is 25.4. The lowest BCUT2D eigenvalue weighted by Crippen LogP contribution is -2.45. The number of carbonyl (C=O) groups is 2. The first kappa shape index (κ1) is 17.6. The second kappa shape index (κ2) is 7.06. The van der Waals surface area contributed by atoms with Crippen LogP contribution < -0.4 is 15.2 Å². The van der Waals surface area contributed by atoms with Gasteiger partial charge in [-0.05, 0) is 48.5 Å². The number of hydrogen-bond acceptors (Lipinski definition) is 5. The second-order valence-electron chi connectivity index (χ2n) is 6.39. The van der Waals surface area contributed by atoms with Crippen LogP contribution in [0.25, 0.3) is 0 Å². The number of amides is 1. The van der Waals surface area contributed by atoms with Gasteiger partial charge in [-0.2, -0.15) is 0 Å². The van der Waals surface area contributed by atoms with E-state index in [4.69, 9.17) is 21.1 Å². The lowest BCUT2D eigenvalue weighted by Gasteiger charge is -2.25. The van der Waals surface area contributed by atoms with E-state index in [1.54, 1.807) is 60.7 Å². The molecular weight excluding hydrogens is 370 g/mol. The summed E-state index contributed by atoms with van der Waals surface area (Å²) < 4.78 is 11.2. The van der Waals surface area contributed by atoms with Crippen molar-refractivity contribution < 1.29 is 24.2 Å². The van der Waals surface area contributed by atoms with Crippen molar-refractivity contribution in [2.75, 3.05) is 5.32 Å². The number of fused-ring (bicyclic) bond motifs is 2. The van der Waals surface area contributed by atoms with Gasteiger partial charge in [-0.1, -0.05) is 23.8 Å². The molecule has 0 spiro atoms. The van der Waals surface area contributed by atoms with Crippen molar-refractivity contribution in [1.82, 2.24) is 0 Å². The zero-order chi connectivity index (χ0) is 19.0. The molecule has 2 aliphatic rings. The number of anilines is 1. The average Bonchev–Trinajstić information content (AvgIpc) is 3.26. The van der Waals surface area contributed by atoms with E-state index in [9.17, 15) is 14.7 Å². The molecule has 4 atom stereocenters. The first-order valence-corrected chi connectivity index (χ1v) is 8.78. The lowest BCUT2D eigenvalue weighted by atomic mass is 9.82. The molecule has 0 unspecified atom stereocenters. The highest BCUT2D eigenvalue weighted by Gasteiger charge is 2.50. The zero-order valence-electron chi connectivity index (χ0n) is 14.0. The van der Waals surface area contributed by atoms with E-state index in [0.29, 0.717) is 22.2 Å². The number of ether oxygens (including phenoxy) is 2. The van der Waals surface area contributed by atoms with Gasteiger partial charge in [-0.3, -0.25) is 4.79 Å². The van der Waals surface area contributed by atoms with E-state index in [1.165, 1.54) is 0 Å². The molecule has 2 aromatic carbocycles. The van der Waals surface area contributed by atoms with E-state index >= 15 is 0 Å². The minimum absolute atomic E-state index is 0.410. The zero-order valence-corrected chi connectivity index (χ0v) is 14.8. The number of carboxylic acid groups (broad SMARTS) is 1. The van der Waals surface area contributed by atoms with E-state index < -0.39 is 35.9 Å². The van der Waals surface area contributed by atoms with Crippen molar-refractivity contribution in [3.63, 3.8) is 0 Å². The molecule has 0 saturated carbocycles. The Morgan fingerprint density at radius 2 is 1.48 bits per heavy atom. The Bertz CT molecular complexity index is 894. The van der Waals surface area contributed by atoms with Gasteiger partial charge in [0.15, 0.2) is 0 Å². The summed E-state index contributed by atoms with van der Waals surface area (Å²) in [7, 11) is 0. The maximum atomic E-state index is 12.6. The van der Waals surface area contributed by atoms with Crippen LogP contribution >= 0.6 is 11.6 Å². The van der Waals surface area contributed by atoms with Crippen molar-refractivity contribution in [2.24, 2.45) is 11.8 Å². The Morgan fingerprint density at radius 1 is 0.926 bits per heavy atom. The van der Waals surface area contributed by atoms with Crippen molar-refractivity contribution in [3.8, 4) is 11.5 Å². The lowest BCUT2D eigenvalue weighted by molar-refractivity contribution is -0.313. The molecule has 7 heteroatoms. The summed E-state index contributed by atoms with van der Waals surface area (Å²) in [5.41, 5.74) is 0.535. The maximum Gasteiger partial charge on any atom is 0.231 e. The Labute approximate surface area is 160 Å². The van der Waals surface area contributed by atoms with Gasteiger partial charge in [-0.25, -0.2) is 0 Å². The third-order valence-electron chi connectivity index (χ3n) is 4.65. The molecule has 2 aromatic rings. The molecule has 1 fully saturated rings. The van der Waals surface area contributed by atoms with Crippen LogP contribution in [0.15, 0.2) is 60.7 Å². The number of benzene rings is 2. The van der Waals surface area contributed by atoms with Crippen molar-refractivity contribution in [3.05, 3.63) is 65.7 Å². The first-order chi connectivity index (χ1) is 13.0. The van der Waals surface area contributed by atoms with Gasteiger partial charge < -0.3 is 24.7 Å². The van der Waals surface area contributed by atoms with Crippen LogP contribution in [-0.4, -0.2) is 24.1 Å². The number of carbonyl (C=O) groups excluding carboxylic acids is 2. The molecule has 0 aliphatic carbocycles. The summed E-state index contributed by atoms with van der Waals surface area (Å²) in [4.78, 5) is 23.9. The number of rotatable bonds is 5. The summed E-state index contributed by atoms with van der Waals surface area (Å²) >= 11 is 5.84. The van der Waals surface area contributed by atoms with Crippen molar-refractivity contribution >= 4 is 29.2 Å². The number of hydrogen-bond donors (Lipinski definition) is 1.